The molecule has 1 aromatic rings. The van der Waals surface area contributed by atoms with Gasteiger partial charge in [-0.1, -0.05) is 18.2 Å². The highest BCUT2D eigenvalue weighted by Crippen LogP contribution is 2.19. The average Bonchev–Trinajstić information content (AvgIpc) is 2.65. The minimum atomic E-state index is 0.695. The topological polar surface area (TPSA) is 46.1 Å². The van der Waals surface area contributed by atoms with E-state index in [1.54, 1.807) is 0 Å². The Morgan fingerprint density at radius 3 is 2.80 bits per heavy atom. The first-order valence-electron chi connectivity index (χ1n) is 9.44. The molecule has 140 valence electrons. The van der Waals surface area contributed by atoms with Crippen molar-refractivity contribution in [1.29, 1.82) is 0 Å². The first kappa shape index (κ1) is 19.6. The molecule has 1 heterocycles. The van der Waals surface area contributed by atoms with E-state index in [1.165, 1.54) is 24.8 Å². The van der Waals surface area contributed by atoms with Gasteiger partial charge in [-0.3, -0.25) is 4.99 Å². The van der Waals surface area contributed by atoms with E-state index in [1.807, 2.05) is 26.1 Å². The smallest absolute Gasteiger partial charge is 0.193 e. The number of hydrogen-bond donors (Lipinski definition) is 1. The van der Waals surface area contributed by atoms with E-state index in [0.29, 0.717) is 6.61 Å². The molecular formula is C20H33N3O2. The van der Waals surface area contributed by atoms with E-state index in [-0.39, 0.29) is 0 Å². The van der Waals surface area contributed by atoms with Gasteiger partial charge in [0, 0.05) is 40.4 Å². The van der Waals surface area contributed by atoms with Crippen molar-refractivity contribution in [3.05, 3.63) is 29.8 Å². The minimum Gasteiger partial charge on any atom is -0.494 e. The third-order valence-electron chi connectivity index (χ3n) is 4.74. The SMILES string of the molecule is CCOc1ccccc1CCNC(=NC)N(C)CCC1CCOCC1. The van der Waals surface area contributed by atoms with Gasteiger partial charge in [-0.25, -0.2) is 0 Å². The van der Waals surface area contributed by atoms with Gasteiger partial charge in [0.1, 0.15) is 5.75 Å². The number of ether oxygens (including phenoxy) is 2. The molecular weight excluding hydrogens is 314 g/mol. The van der Waals surface area contributed by atoms with E-state index < -0.39 is 0 Å². The molecule has 1 fully saturated rings. The molecule has 0 unspecified atom stereocenters. The molecule has 2 rings (SSSR count). The largest absolute Gasteiger partial charge is 0.494 e. The van der Waals surface area contributed by atoms with E-state index in [2.05, 4.69) is 34.4 Å². The number of para-hydroxylation sites is 1. The summed E-state index contributed by atoms with van der Waals surface area (Å²) >= 11 is 0. The molecule has 0 bridgehead atoms. The van der Waals surface area contributed by atoms with Crippen LogP contribution in [-0.4, -0.2) is 57.9 Å². The molecule has 0 saturated carbocycles. The standard InChI is InChI=1S/C20H33N3O2/c1-4-25-19-8-6-5-7-18(19)9-13-22-20(21-2)23(3)14-10-17-11-15-24-16-12-17/h5-8,17H,4,9-16H2,1-3H3,(H,21,22). The van der Waals surface area contributed by atoms with Crippen molar-refractivity contribution >= 4 is 5.96 Å². The van der Waals surface area contributed by atoms with Crippen LogP contribution in [0.1, 0.15) is 31.7 Å². The fourth-order valence-corrected chi connectivity index (χ4v) is 3.22. The molecule has 0 amide bonds. The monoisotopic (exact) mass is 347 g/mol. The van der Waals surface area contributed by atoms with Crippen molar-refractivity contribution in [2.45, 2.75) is 32.6 Å². The van der Waals surface area contributed by atoms with Crippen LogP contribution in [-0.2, 0) is 11.2 Å². The molecule has 1 aliphatic heterocycles. The van der Waals surface area contributed by atoms with E-state index in [0.717, 1.165) is 50.4 Å². The Morgan fingerprint density at radius 2 is 2.08 bits per heavy atom. The van der Waals surface area contributed by atoms with Crippen molar-refractivity contribution in [3.63, 3.8) is 0 Å². The Kier molecular flexibility index (Phi) is 8.60. The summed E-state index contributed by atoms with van der Waals surface area (Å²) in [6.07, 6.45) is 4.50. The normalized spacial score (nSPS) is 15.9. The molecule has 0 spiro atoms. The van der Waals surface area contributed by atoms with Gasteiger partial charge in [-0.2, -0.15) is 0 Å². The van der Waals surface area contributed by atoms with Crippen LogP contribution in [0.2, 0.25) is 0 Å². The summed E-state index contributed by atoms with van der Waals surface area (Å²) in [5.74, 6) is 2.72. The number of nitrogens with one attached hydrogen (secondary N) is 1. The Morgan fingerprint density at radius 1 is 1.32 bits per heavy atom. The van der Waals surface area contributed by atoms with E-state index in [9.17, 15) is 0 Å². The highest BCUT2D eigenvalue weighted by atomic mass is 16.5. The number of aliphatic imine (C=N–C) groups is 1. The van der Waals surface area contributed by atoms with Crippen molar-refractivity contribution < 1.29 is 9.47 Å². The zero-order valence-electron chi connectivity index (χ0n) is 16.0. The fraction of sp³-hybridized carbons (Fsp3) is 0.650. The number of hydrogen-bond acceptors (Lipinski definition) is 3. The van der Waals surface area contributed by atoms with Crippen molar-refractivity contribution in [3.8, 4) is 5.75 Å². The number of rotatable bonds is 8. The zero-order valence-corrected chi connectivity index (χ0v) is 16.0. The minimum absolute atomic E-state index is 0.695. The maximum absolute atomic E-state index is 5.70. The Hall–Kier alpha value is -1.75. The van der Waals surface area contributed by atoms with Crippen LogP contribution in [0, 0.1) is 5.92 Å². The fourth-order valence-electron chi connectivity index (χ4n) is 3.22. The lowest BCUT2D eigenvalue weighted by molar-refractivity contribution is 0.0625. The Labute approximate surface area is 152 Å². The molecule has 0 aromatic heterocycles. The molecule has 25 heavy (non-hydrogen) atoms. The van der Waals surface area contributed by atoms with Crippen molar-refractivity contribution in [2.75, 3.05) is 47.0 Å². The number of benzene rings is 1. The summed E-state index contributed by atoms with van der Waals surface area (Å²) in [4.78, 5) is 6.64. The maximum Gasteiger partial charge on any atom is 0.193 e. The highest BCUT2D eigenvalue weighted by Gasteiger charge is 2.15. The molecule has 5 nitrogen and oxygen atoms in total. The second kappa shape index (κ2) is 11.0. The van der Waals surface area contributed by atoms with Crippen LogP contribution >= 0.6 is 0 Å². The summed E-state index contributed by atoms with van der Waals surface area (Å²) < 4.78 is 11.1. The van der Waals surface area contributed by atoms with E-state index in [4.69, 9.17) is 9.47 Å². The van der Waals surface area contributed by atoms with Crippen LogP contribution in [0.5, 0.6) is 5.75 Å². The second-order valence-corrected chi connectivity index (χ2v) is 6.53. The van der Waals surface area contributed by atoms with Crippen LogP contribution in [0.3, 0.4) is 0 Å². The lowest BCUT2D eigenvalue weighted by Gasteiger charge is -2.27. The predicted octanol–water partition coefficient (Wildman–Crippen LogP) is 2.95. The lowest BCUT2D eigenvalue weighted by Crippen LogP contribution is -2.40. The summed E-state index contributed by atoms with van der Waals surface area (Å²) in [5, 5.41) is 3.47. The Bertz CT molecular complexity index is 527. The maximum atomic E-state index is 5.70. The molecule has 0 aliphatic carbocycles. The molecule has 1 aliphatic rings. The molecule has 1 saturated heterocycles. The van der Waals surface area contributed by atoms with Gasteiger partial charge >= 0.3 is 0 Å². The van der Waals surface area contributed by atoms with Gasteiger partial charge in [-0.05, 0) is 50.2 Å². The first-order chi connectivity index (χ1) is 12.2. The molecule has 1 aromatic carbocycles. The van der Waals surface area contributed by atoms with Crippen molar-refractivity contribution in [2.24, 2.45) is 10.9 Å². The zero-order chi connectivity index (χ0) is 17.9. The average molecular weight is 348 g/mol. The van der Waals surface area contributed by atoms with Gasteiger partial charge < -0.3 is 19.7 Å². The molecule has 1 N–H and O–H groups in total. The van der Waals surface area contributed by atoms with Gasteiger partial charge in [-0.15, -0.1) is 0 Å². The van der Waals surface area contributed by atoms with Crippen LogP contribution in [0.25, 0.3) is 0 Å². The van der Waals surface area contributed by atoms with Crippen LogP contribution in [0.4, 0.5) is 0 Å². The first-order valence-corrected chi connectivity index (χ1v) is 9.44. The van der Waals surface area contributed by atoms with Gasteiger partial charge in [0.05, 0.1) is 6.61 Å². The second-order valence-electron chi connectivity index (χ2n) is 6.53. The van der Waals surface area contributed by atoms with Crippen LogP contribution in [0.15, 0.2) is 29.3 Å². The van der Waals surface area contributed by atoms with Gasteiger partial charge in [0.15, 0.2) is 5.96 Å². The predicted molar refractivity (Wildman–Crippen MR) is 103 cm³/mol. The van der Waals surface area contributed by atoms with Crippen molar-refractivity contribution in [1.82, 2.24) is 10.2 Å². The molecule has 0 atom stereocenters. The van der Waals surface area contributed by atoms with E-state index >= 15 is 0 Å². The lowest BCUT2D eigenvalue weighted by atomic mass is 9.96. The van der Waals surface area contributed by atoms with Gasteiger partial charge in [0.25, 0.3) is 0 Å². The van der Waals surface area contributed by atoms with Crippen LogP contribution < -0.4 is 10.1 Å². The third kappa shape index (κ3) is 6.58. The quantitative estimate of drug-likeness (QED) is 0.580. The summed E-state index contributed by atoms with van der Waals surface area (Å²) in [6, 6.07) is 8.25. The Balaban J connectivity index is 1.75. The summed E-state index contributed by atoms with van der Waals surface area (Å²) in [5.41, 5.74) is 1.23. The molecule has 5 heteroatoms. The third-order valence-corrected chi connectivity index (χ3v) is 4.74. The van der Waals surface area contributed by atoms with Gasteiger partial charge in [0.2, 0.25) is 0 Å². The summed E-state index contributed by atoms with van der Waals surface area (Å²) in [7, 11) is 3.96. The molecule has 0 radical (unpaired) electrons. The number of nitrogens with zero attached hydrogens (tertiary/aromatic N) is 2. The highest BCUT2D eigenvalue weighted by molar-refractivity contribution is 5.79. The summed E-state index contributed by atoms with van der Waals surface area (Å²) in [6.45, 7) is 6.42. The number of guanidine groups is 1.